The van der Waals surface area contributed by atoms with E-state index in [2.05, 4.69) is 5.32 Å². The topological polar surface area (TPSA) is 72.5 Å². The van der Waals surface area contributed by atoms with Crippen LogP contribution in [0.4, 0.5) is 0 Å². The highest BCUT2D eigenvalue weighted by Crippen LogP contribution is 2.17. The number of ether oxygens (including phenoxy) is 1. The van der Waals surface area contributed by atoms with Crippen molar-refractivity contribution >= 4 is 24.2 Å². The molecule has 1 amide bonds. The lowest BCUT2D eigenvalue weighted by Crippen LogP contribution is -2.38. The van der Waals surface area contributed by atoms with Crippen molar-refractivity contribution in [1.82, 2.24) is 5.32 Å². The Kier molecular flexibility index (Phi) is 11.7. The monoisotopic (exact) mass is 347 g/mol. The molecule has 1 N–H and O–H groups in total. The molecule has 0 saturated heterocycles. The zero-order valence-corrected chi connectivity index (χ0v) is 15.8. The molecular weight excluding hydrogens is 318 g/mol. The number of rotatable bonds is 9. The highest BCUT2D eigenvalue weighted by Gasteiger charge is 2.17. The van der Waals surface area contributed by atoms with Crippen LogP contribution < -0.4 is 5.32 Å². The first kappa shape index (κ1) is 22.6. The van der Waals surface area contributed by atoms with E-state index >= 15 is 0 Å². The second kappa shape index (κ2) is 12.9. The van der Waals surface area contributed by atoms with Gasteiger partial charge in [0.2, 0.25) is 6.41 Å². The zero-order chi connectivity index (χ0) is 19.2. The molecule has 0 saturated carbocycles. The first-order valence-corrected chi connectivity index (χ1v) is 8.62. The first-order valence-electron chi connectivity index (χ1n) is 8.62. The fraction of sp³-hybridized carbons (Fsp3) is 0.450. The predicted molar refractivity (Wildman–Crippen MR) is 100 cm³/mol. The molecule has 0 aliphatic carbocycles. The average molecular weight is 347 g/mol. The number of Topliss-reactive ketones (excluding diaryl/α,β-unsaturated/α-hetero) is 1. The van der Waals surface area contributed by atoms with E-state index in [0.717, 1.165) is 16.7 Å². The van der Waals surface area contributed by atoms with Gasteiger partial charge in [0.15, 0.2) is 12.4 Å². The van der Waals surface area contributed by atoms with Crippen molar-refractivity contribution < 1.29 is 19.1 Å². The van der Waals surface area contributed by atoms with Crippen LogP contribution in [0.5, 0.6) is 0 Å². The average Bonchev–Trinajstić information content (AvgIpc) is 2.62. The fourth-order valence-corrected chi connectivity index (χ4v) is 2.28. The number of amides is 1. The number of carbonyl (C=O) groups excluding carboxylic acids is 3. The number of aryl methyl sites for hydroxylation is 1. The number of hydrogen-bond donors (Lipinski definition) is 1. The Morgan fingerprint density at radius 3 is 2.52 bits per heavy atom. The summed E-state index contributed by atoms with van der Waals surface area (Å²) in [4.78, 5) is 34.2. The largest absolute Gasteiger partial charge is 0.457 e. The standard InChI is InChI=1S/C18H23NO4.C2H6/c1-4-7-15-13(3)8-6-9-14(15)10-18(22)23-11-17(21)16(5-2)19-12-20;1-2/h4,6-9,12,16H,5,10-11H2,1-3H3,(H,19,20);1-2H3/b7-4-;. The van der Waals surface area contributed by atoms with E-state index in [4.69, 9.17) is 4.74 Å². The molecule has 1 rings (SSSR count). The lowest BCUT2D eigenvalue weighted by molar-refractivity contribution is -0.147. The molecule has 1 atom stereocenters. The smallest absolute Gasteiger partial charge is 0.310 e. The quantitative estimate of drug-likeness (QED) is 0.550. The van der Waals surface area contributed by atoms with Crippen molar-refractivity contribution in [3.05, 3.63) is 41.0 Å². The molecule has 5 nitrogen and oxygen atoms in total. The van der Waals surface area contributed by atoms with Gasteiger partial charge in [0, 0.05) is 0 Å². The molecular formula is C20H29NO4. The van der Waals surface area contributed by atoms with Gasteiger partial charge in [0.05, 0.1) is 12.5 Å². The minimum absolute atomic E-state index is 0.104. The van der Waals surface area contributed by atoms with Crippen LogP contribution >= 0.6 is 0 Å². The van der Waals surface area contributed by atoms with Gasteiger partial charge < -0.3 is 10.1 Å². The van der Waals surface area contributed by atoms with E-state index in [-0.39, 0.29) is 18.8 Å². The van der Waals surface area contributed by atoms with Gasteiger partial charge >= 0.3 is 5.97 Å². The molecule has 25 heavy (non-hydrogen) atoms. The van der Waals surface area contributed by atoms with Gasteiger partial charge in [-0.3, -0.25) is 14.4 Å². The van der Waals surface area contributed by atoms with E-state index < -0.39 is 12.0 Å². The number of ketones is 1. The third-order valence-corrected chi connectivity index (χ3v) is 3.52. The molecule has 1 unspecified atom stereocenters. The molecule has 1 aromatic carbocycles. The summed E-state index contributed by atoms with van der Waals surface area (Å²) in [5, 5.41) is 2.41. The van der Waals surface area contributed by atoms with Crippen molar-refractivity contribution in [2.75, 3.05) is 6.61 Å². The summed E-state index contributed by atoms with van der Waals surface area (Å²) in [6, 6.07) is 5.12. The molecule has 1 aromatic rings. The second-order valence-electron chi connectivity index (χ2n) is 5.20. The van der Waals surface area contributed by atoms with Crippen molar-refractivity contribution in [2.24, 2.45) is 0 Å². The number of nitrogens with one attached hydrogen (secondary N) is 1. The van der Waals surface area contributed by atoms with Crippen LogP contribution in [0.25, 0.3) is 6.08 Å². The Balaban J connectivity index is 0.00000277. The zero-order valence-electron chi connectivity index (χ0n) is 15.8. The minimum Gasteiger partial charge on any atom is -0.457 e. The van der Waals surface area contributed by atoms with E-state index in [0.29, 0.717) is 12.8 Å². The molecule has 0 radical (unpaired) electrons. The lowest BCUT2D eigenvalue weighted by Gasteiger charge is -2.13. The summed E-state index contributed by atoms with van der Waals surface area (Å²) >= 11 is 0. The normalized spacial score (nSPS) is 11.2. The first-order chi connectivity index (χ1) is 12.0. The minimum atomic E-state index is -0.613. The van der Waals surface area contributed by atoms with Gasteiger partial charge in [-0.05, 0) is 37.0 Å². The van der Waals surface area contributed by atoms with Crippen molar-refractivity contribution in [2.45, 2.75) is 53.5 Å². The number of benzene rings is 1. The third-order valence-electron chi connectivity index (χ3n) is 3.52. The van der Waals surface area contributed by atoms with E-state index in [1.807, 2.05) is 58.0 Å². The van der Waals surface area contributed by atoms with Crippen molar-refractivity contribution in [3.63, 3.8) is 0 Å². The Morgan fingerprint density at radius 2 is 1.96 bits per heavy atom. The Bertz CT molecular complexity index is 593. The van der Waals surface area contributed by atoms with Gasteiger partial charge in [-0.2, -0.15) is 0 Å². The Morgan fingerprint density at radius 1 is 1.28 bits per heavy atom. The van der Waals surface area contributed by atoms with Crippen LogP contribution in [0.1, 0.15) is 50.8 Å². The number of esters is 1. The Hall–Kier alpha value is -2.43. The summed E-state index contributed by atoms with van der Waals surface area (Å²) in [6.45, 7) is 9.34. The van der Waals surface area contributed by atoms with E-state index in [1.54, 1.807) is 6.92 Å². The summed E-state index contributed by atoms with van der Waals surface area (Å²) in [5.41, 5.74) is 2.93. The van der Waals surface area contributed by atoms with Gasteiger partial charge in [-0.1, -0.05) is 51.1 Å². The maximum atomic E-state index is 12.0. The van der Waals surface area contributed by atoms with Gasteiger partial charge in [0.25, 0.3) is 0 Å². The number of carbonyl (C=O) groups is 3. The predicted octanol–water partition coefficient (Wildman–Crippen LogP) is 3.23. The maximum absolute atomic E-state index is 12.0. The molecule has 138 valence electrons. The highest BCUT2D eigenvalue weighted by atomic mass is 16.5. The summed E-state index contributed by atoms with van der Waals surface area (Å²) in [5.74, 6) is -0.776. The van der Waals surface area contributed by atoms with Crippen LogP contribution in [-0.2, 0) is 25.5 Å². The third kappa shape index (κ3) is 7.79. The second-order valence-corrected chi connectivity index (χ2v) is 5.20. The van der Waals surface area contributed by atoms with Gasteiger partial charge in [0.1, 0.15) is 0 Å². The van der Waals surface area contributed by atoms with Crippen LogP contribution in [-0.4, -0.2) is 30.8 Å². The van der Waals surface area contributed by atoms with Gasteiger partial charge in [-0.25, -0.2) is 0 Å². The summed E-state index contributed by atoms with van der Waals surface area (Å²) < 4.78 is 5.04. The van der Waals surface area contributed by atoms with E-state index in [9.17, 15) is 14.4 Å². The SMILES string of the molecule is C/C=C\c1c(C)cccc1CC(=O)OCC(=O)C(CC)NC=O.CC. The van der Waals surface area contributed by atoms with Crippen LogP contribution in [0.2, 0.25) is 0 Å². The molecule has 0 spiro atoms. The molecule has 0 bridgehead atoms. The molecule has 0 aliphatic heterocycles. The summed E-state index contributed by atoms with van der Waals surface area (Å²) in [7, 11) is 0. The van der Waals surface area contributed by atoms with Crippen molar-refractivity contribution in [3.8, 4) is 0 Å². The molecule has 0 heterocycles. The maximum Gasteiger partial charge on any atom is 0.310 e. The molecule has 0 aliphatic rings. The van der Waals surface area contributed by atoms with E-state index in [1.165, 1.54) is 0 Å². The van der Waals surface area contributed by atoms with Crippen LogP contribution in [0.3, 0.4) is 0 Å². The molecule has 5 heteroatoms. The molecule has 0 aromatic heterocycles. The molecule has 0 fully saturated rings. The number of allylic oxidation sites excluding steroid dienone is 1. The lowest BCUT2D eigenvalue weighted by atomic mass is 9.99. The Labute approximate surface area is 150 Å². The van der Waals surface area contributed by atoms with Crippen LogP contribution in [0.15, 0.2) is 24.3 Å². The van der Waals surface area contributed by atoms with Gasteiger partial charge in [-0.15, -0.1) is 0 Å². The summed E-state index contributed by atoms with van der Waals surface area (Å²) in [6.07, 6.45) is 4.90. The number of hydrogen-bond acceptors (Lipinski definition) is 4. The van der Waals surface area contributed by atoms with Crippen LogP contribution in [0, 0.1) is 6.92 Å². The highest BCUT2D eigenvalue weighted by molar-refractivity contribution is 5.88. The fourth-order valence-electron chi connectivity index (χ4n) is 2.28. The van der Waals surface area contributed by atoms with Crippen molar-refractivity contribution in [1.29, 1.82) is 0 Å².